The zero-order chi connectivity index (χ0) is 14.9. The molecule has 0 spiro atoms. The lowest BCUT2D eigenvalue weighted by Crippen LogP contribution is -2.46. The minimum absolute atomic E-state index is 0.0302. The fourth-order valence-corrected chi connectivity index (χ4v) is 3.54. The molecular weight excluding hydrogens is 278 g/mol. The van der Waals surface area contributed by atoms with Crippen LogP contribution in [0.5, 0.6) is 0 Å². The SMILES string of the molecule is O=c1cccnn1C1COCC1NC1Cc2ccccc2C1. The molecule has 5 heteroatoms. The minimum Gasteiger partial charge on any atom is -0.377 e. The Morgan fingerprint density at radius 2 is 1.86 bits per heavy atom. The van der Waals surface area contributed by atoms with Gasteiger partial charge in [-0.15, -0.1) is 0 Å². The van der Waals surface area contributed by atoms with Crippen molar-refractivity contribution in [3.63, 3.8) is 0 Å². The van der Waals surface area contributed by atoms with Gasteiger partial charge in [0.25, 0.3) is 5.56 Å². The fourth-order valence-electron chi connectivity index (χ4n) is 3.54. The predicted octanol–water partition coefficient (Wildman–Crippen LogP) is 0.940. The van der Waals surface area contributed by atoms with Crippen molar-refractivity contribution in [1.29, 1.82) is 0 Å². The summed E-state index contributed by atoms with van der Waals surface area (Å²) < 4.78 is 7.15. The van der Waals surface area contributed by atoms with Gasteiger partial charge in [0.05, 0.1) is 25.3 Å². The van der Waals surface area contributed by atoms with Crippen LogP contribution in [-0.2, 0) is 17.6 Å². The van der Waals surface area contributed by atoms with Crippen LogP contribution in [0.25, 0.3) is 0 Å². The van der Waals surface area contributed by atoms with Crippen LogP contribution >= 0.6 is 0 Å². The van der Waals surface area contributed by atoms with E-state index in [1.165, 1.54) is 11.1 Å². The quantitative estimate of drug-likeness (QED) is 0.916. The van der Waals surface area contributed by atoms with Gasteiger partial charge in [0.2, 0.25) is 0 Å². The molecule has 1 N–H and O–H groups in total. The third-order valence-electron chi connectivity index (χ3n) is 4.61. The lowest BCUT2D eigenvalue weighted by molar-refractivity contribution is 0.180. The molecule has 1 saturated heterocycles. The number of rotatable bonds is 3. The first-order chi connectivity index (χ1) is 10.8. The molecule has 1 fully saturated rings. The van der Waals surface area contributed by atoms with E-state index in [1.54, 1.807) is 23.0 Å². The average molecular weight is 297 g/mol. The lowest BCUT2D eigenvalue weighted by Gasteiger charge is -2.23. The van der Waals surface area contributed by atoms with E-state index in [0.717, 1.165) is 12.8 Å². The highest BCUT2D eigenvalue weighted by Gasteiger charge is 2.34. The Morgan fingerprint density at radius 1 is 1.09 bits per heavy atom. The molecule has 5 nitrogen and oxygen atoms in total. The first-order valence-electron chi connectivity index (χ1n) is 7.75. The first kappa shape index (κ1) is 13.7. The third kappa shape index (κ3) is 2.46. The summed E-state index contributed by atoms with van der Waals surface area (Å²) in [4.78, 5) is 12.0. The number of hydrogen-bond acceptors (Lipinski definition) is 4. The van der Waals surface area contributed by atoms with Crippen molar-refractivity contribution in [2.75, 3.05) is 13.2 Å². The lowest BCUT2D eigenvalue weighted by atomic mass is 10.1. The second kappa shape index (κ2) is 5.66. The fraction of sp³-hybridized carbons (Fsp3) is 0.412. The van der Waals surface area contributed by atoms with Crippen molar-refractivity contribution in [3.05, 3.63) is 64.1 Å². The number of nitrogens with zero attached hydrogens (tertiary/aromatic N) is 2. The Morgan fingerprint density at radius 3 is 2.59 bits per heavy atom. The first-order valence-corrected chi connectivity index (χ1v) is 7.75. The smallest absolute Gasteiger partial charge is 0.267 e. The van der Waals surface area contributed by atoms with Crippen LogP contribution in [0, 0.1) is 0 Å². The second-order valence-electron chi connectivity index (χ2n) is 6.06. The summed E-state index contributed by atoms with van der Waals surface area (Å²) in [5, 5.41) is 7.88. The Labute approximate surface area is 128 Å². The maximum absolute atomic E-state index is 12.0. The zero-order valence-electron chi connectivity index (χ0n) is 12.3. The number of aromatic nitrogens is 2. The van der Waals surface area contributed by atoms with Crippen LogP contribution in [0.2, 0.25) is 0 Å². The Bertz CT molecular complexity index is 703. The molecule has 1 aliphatic heterocycles. The van der Waals surface area contributed by atoms with Gasteiger partial charge in [0.15, 0.2) is 0 Å². The van der Waals surface area contributed by atoms with E-state index in [2.05, 4.69) is 34.7 Å². The number of fused-ring (bicyclic) bond motifs is 1. The van der Waals surface area contributed by atoms with Gasteiger partial charge >= 0.3 is 0 Å². The summed E-state index contributed by atoms with van der Waals surface area (Å²) in [7, 11) is 0. The third-order valence-corrected chi connectivity index (χ3v) is 4.61. The Kier molecular flexibility index (Phi) is 3.52. The van der Waals surface area contributed by atoms with Crippen molar-refractivity contribution < 1.29 is 4.74 Å². The standard InChI is InChI=1S/C17H19N3O2/c21-17-6-3-7-18-20(17)16-11-22-10-15(16)19-14-8-12-4-1-2-5-13(12)9-14/h1-7,14-16,19H,8-11H2. The van der Waals surface area contributed by atoms with Gasteiger partial charge in [0.1, 0.15) is 0 Å². The van der Waals surface area contributed by atoms with Crippen LogP contribution < -0.4 is 10.9 Å². The van der Waals surface area contributed by atoms with Crippen LogP contribution in [0.3, 0.4) is 0 Å². The van der Waals surface area contributed by atoms with Gasteiger partial charge in [-0.1, -0.05) is 24.3 Å². The molecule has 0 bridgehead atoms. The molecule has 2 aromatic rings. The summed E-state index contributed by atoms with van der Waals surface area (Å²) in [6, 6.07) is 12.3. The molecule has 1 aliphatic carbocycles. The van der Waals surface area contributed by atoms with Crippen LogP contribution in [0.1, 0.15) is 17.2 Å². The van der Waals surface area contributed by atoms with E-state index >= 15 is 0 Å². The molecule has 2 atom stereocenters. The molecular formula is C17H19N3O2. The number of benzene rings is 1. The molecule has 1 aromatic heterocycles. The van der Waals surface area contributed by atoms with E-state index < -0.39 is 0 Å². The number of nitrogens with one attached hydrogen (secondary N) is 1. The summed E-state index contributed by atoms with van der Waals surface area (Å²) in [6.45, 7) is 1.16. The number of ether oxygens (including phenoxy) is 1. The van der Waals surface area contributed by atoms with E-state index in [9.17, 15) is 4.79 Å². The summed E-state index contributed by atoms with van der Waals surface area (Å²) >= 11 is 0. The Balaban J connectivity index is 1.49. The van der Waals surface area contributed by atoms with Gasteiger partial charge in [-0.25, -0.2) is 4.68 Å². The van der Waals surface area contributed by atoms with E-state index in [1.807, 2.05) is 0 Å². The molecule has 0 saturated carbocycles. The van der Waals surface area contributed by atoms with Gasteiger partial charge < -0.3 is 10.1 Å². The van der Waals surface area contributed by atoms with Crippen molar-refractivity contribution >= 4 is 0 Å². The molecule has 2 aliphatic rings. The van der Waals surface area contributed by atoms with Crippen LogP contribution in [0.4, 0.5) is 0 Å². The van der Waals surface area contributed by atoms with Crippen molar-refractivity contribution in [2.45, 2.75) is 31.0 Å². The molecule has 2 heterocycles. The van der Waals surface area contributed by atoms with E-state index in [-0.39, 0.29) is 17.6 Å². The van der Waals surface area contributed by atoms with Crippen molar-refractivity contribution in [2.24, 2.45) is 0 Å². The zero-order valence-corrected chi connectivity index (χ0v) is 12.3. The molecule has 0 radical (unpaired) electrons. The highest BCUT2D eigenvalue weighted by molar-refractivity contribution is 5.33. The van der Waals surface area contributed by atoms with Gasteiger partial charge in [-0.2, -0.15) is 5.10 Å². The van der Waals surface area contributed by atoms with Gasteiger partial charge in [-0.3, -0.25) is 4.79 Å². The van der Waals surface area contributed by atoms with Gasteiger partial charge in [0, 0.05) is 18.3 Å². The topological polar surface area (TPSA) is 56.2 Å². The molecule has 1 aromatic carbocycles. The molecule has 114 valence electrons. The van der Waals surface area contributed by atoms with Crippen molar-refractivity contribution in [3.8, 4) is 0 Å². The normalized spacial score (nSPS) is 24.5. The maximum atomic E-state index is 12.0. The highest BCUT2D eigenvalue weighted by Crippen LogP contribution is 2.24. The minimum atomic E-state index is -0.0699. The molecule has 0 amide bonds. The average Bonchev–Trinajstić information content (AvgIpc) is 3.14. The molecule has 4 rings (SSSR count). The monoisotopic (exact) mass is 297 g/mol. The largest absolute Gasteiger partial charge is 0.377 e. The van der Waals surface area contributed by atoms with E-state index in [0.29, 0.717) is 19.3 Å². The van der Waals surface area contributed by atoms with Crippen molar-refractivity contribution in [1.82, 2.24) is 15.1 Å². The maximum Gasteiger partial charge on any atom is 0.267 e. The second-order valence-corrected chi connectivity index (χ2v) is 6.06. The van der Waals surface area contributed by atoms with Crippen LogP contribution in [0.15, 0.2) is 47.4 Å². The predicted molar refractivity (Wildman–Crippen MR) is 82.9 cm³/mol. The summed E-state index contributed by atoms with van der Waals surface area (Å²) in [5.41, 5.74) is 2.77. The number of hydrogen-bond donors (Lipinski definition) is 1. The highest BCUT2D eigenvalue weighted by atomic mass is 16.5. The molecule has 22 heavy (non-hydrogen) atoms. The van der Waals surface area contributed by atoms with Crippen LogP contribution in [-0.4, -0.2) is 35.1 Å². The molecule has 2 unspecified atom stereocenters. The van der Waals surface area contributed by atoms with Gasteiger partial charge in [-0.05, 0) is 30.0 Å². The summed E-state index contributed by atoms with van der Waals surface area (Å²) in [5.74, 6) is 0. The summed E-state index contributed by atoms with van der Waals surface area (Å²) in [6.07, 6.45) is 3.73. The Hall–Kier alpha value is -1.98. The van der Waals surface area contributed by atoms with E-state index in [4.69, 9.17) is 4.74 Å².